The van der Waals surface area contributed by atoms with Crippen LogP contribution in [0.2, 0.25) is 0 Å². The van der Waals surface area contributed by atoms with Crippen molar-refractivity contribution >= 4 is 17.7 Å². The highest BCUT2D eigenvalue weighted by molar-refractivity contribution is 7.98. The van der Waals surface area contributed by atoms with Crippen LogP contribution >= 0.6 is 11.8 Å². The summed E-state index contributed by atoms with van der Waals surface area (Å²) in [4.78, 5) is 11.9. The number of methoxy groups -OCH3 is 1. The summed E-state index contributed by atoms with van der Waals surface area (Å²) in [5.74, 6) is 1.70. The summed E-state index contributed by atoms with van der Waals surface area (Å²) in [6.07, 6.45) is 0.759. The number of hydrogen-bond acceptors (Lipinski definition) is 4. The molecule has 1 unspecified atom stereocenters. The fourth-order valence-electron chi connectivity index (χ4n) is 2.14. The van der Waals surface area contributed by atoms with E-state index in [1.165, 1.54) is 12.7 Å². The third-order valence-electron chi connectivity index (χ3n) is 3.10. The Morgan fingerprint density at radius 3 is 2.55 bits per heavy atom. The molecule has 0 spiro atoms. The molecular weight excluding hydrogens is 270 g/mol. The fraction of sp³-hybridized carbons (Fsp3) is 0.562. The second-order valence-electron chi connectivity index (χ2n) is 5.41. The zero-order chi connectivity index (χ0) is 15.0. The monoisotopic (exact) mass is 295 g/mol. The molecule has 0 fully saturated rings. The molecule has 1 N–H and O–H groups in total. The number of benzene rings is 1. The molecule has 4 heteroatoms. The Hall–Kier alpha value is -1.00. The molecule has 20 heavy (non-hydrogen) atoms. The van der Waals surface area contributed by atoms with Gasteiger partial charge in [0.1, 0.15) is 5.54 Å². The quantitative estimate of drug-likeness (QED) is 0.590. The van der Waals surface area contributed by atoms with Crippen molar-refractivity contribution in [3.8, 4) is 0 Å². The predicted molar refractivity (Wildman–Crippen MR) is 85.9 cm³/mol. The van der Waals surface area contributed by atoms with Crippen LogP contribution in [0.25, 0.3) is 0 Å². The summed E-state index contributed by atoms with van der Waals surface area (Å²) in [6, 6.07) is 10.6. The van der Waals surface area contributed by atoms with Crippen molar-refractivity contribution in [2.75, 3.05) is 12.9 Å². The van der Waals surface area contributed by atoms with E-state index in [-0.39, 0.29) is 12.0 Å². The first-order valence-corrected chi connectivity index (χ1v) is 8.11. The summed E-state index contributed by atoms with van der Waals surface area (Å²) in [5.41, 5.74) is 0.709. The Bertz CT molecular complexity index is 408. The number of hydrogen-bond donors (Lipinski definition) is 1. The van der Waals surface area contributed by atoms with Gasteiger partial charge in [0.05, 0.1) is 7.11 Å². The van der Waals surface area contributed by atoms with Gasteiger partial charge in [-0.05, 0) is 38.5 Å². The van der Waals surface area contributed by atoms with Gasteiger partial charge in [-0.25, -0.2) is 0 Å². The molecule has 0 bridgehead atoms. The van der Waals surface area contributed by atoms with Crippen molar-refractivity contribution in [3.05, 3.63) is 35.9 Å². The van der Waals surface area contributed by atoms with Crippen LogP contribution in [0.15, 0.2) is 30.3 Å². The van der Waals surface area contributed by atoms with Crippen LogP contribution in [0.3, 0.4) is 0 Å². The molecule has 1 atom stereocenters. The van der Waals surface area contributed by atoms with Crippen LogP contribution in [-0.2, 0) is 15.3 Å². The highest BCUT2D eigenvalue weighted by Crippen LogP contribution is 2.19. The Labute approximate surface area is 126 Å². The highest BCUT2D eigenvalue weighted by atomic mass is 32.2. The molecule has 0 aliphatic heterocycles. The van der Waals surface area contributed by atoms with Crippen LogP contribution in [0.1, 0.15) is 32.8 Å². The van der Waals surface area contributed by atoms with Crippen molar-refractivity contribution in [3.63, 3.8) is 0 Å². The standard InChI is InChI=1S/C16H25NO2S/c1-13(2)17-16(3,15(18)19-4)10-11-20-12-14-8-6-5-7-9-14/h5-9,13,17H,10-12H2,1-4H3. The molecule has 1 aromatic carbocycles. The van der Waals surface area contributed by atoms with Crippen LogP contribution in [0, 0.1) is 0 Å². The van der Waals surface area contributed by atoms with Gasteiger partial charge in [-0.3, -0.25) is 10.1 Å². The molecule has 0 heterocycles. The smallest absolute Gasteiger partial charge is 0.325 e. The third-order valence-corrected chi connectivity index (χ3v) is 4.13. The largest absolute Gasteiger partial charge is 0.468 e. The number of thioether (sulfide) groups is 1. The number of ether oxygens (including phenoxy) is 1. The lowest BCUT2D eigenvalue weighted by Gasteiger charge is -2.30. The van der Waals surface area contributed by atoms with Gasteiger partial charge in [-0.1, -0.05) is 30.3 Å². The Balaban J connectivity index is 2.44. The predicted octanol–water partition coefficient (Wildman–Crippen LogP) is 3.24. The van der Waals surface area contributed by atoms with Gasteiger partial charge in [-0.2, -0.15) is 11.8 Å². The molecule has 0 radical (unpaired) electrons. The lowest BCUT2D eigenvalue weighted by Crippen LogP contribution is -2.53. The number of rotatable bonds is 8. The number of esters is 1. The zero-order valence-electron chi connectivity index (χ0n) is 12.8. The first-order valence-electron chi connectivity index (χ1n) is 6.96. The minimum absolute atomic E-state index is 0.188. The normalized spacial score (nSPS) is 14.1. The maximum absolute atomic E-state index is 11.9. The molecule has 112 valence electrons. The molecular formula is C16H25NO2S. The van der Waals surface area contributed by atoms with E-state index in [1.807, 2.05) is 38.6 Å². The second-order valence-corrected chi connectivity index (χ2v) is 6.52. The highest BCUT2D eigenvalue weighted by Gasteiger charge is 2.34. The molecule has 1 aromatic rings. The molecule has 3 nitrogen and oxygen atoms in total. The maximum Gasteiger partial charge on any atom is 0.325 e. The summed E-state index contributed by atoms with van der Waals surface area (Å²) in [6.45, 7) is 6.00. The Kier molecular flexibility index (Phi) is 7.10. The summed E-state index contributed by atoms with van der Waals surface area (Å²) in [5, 5.41) is 3.32. The SMILES string of the molecule is COC(=O)C(C)(CCSCc1ccccc1)NC(C)C. The van der Waals surface area contributed by atoms with Gasteiger partial charge in [0.15, 0.2) is 0 Å². The number of carbonyl (C=O) groups is 1. The van der Waals surface area contributed by atoms with Gasteiger partial charge in [0.2, 0.25) is 0 Å². The van der Waals surface area contributed by atoms with Crippen LogP contribution in [0.5, 0.6) is 0 Å². The van der Waals surface area contributed by atoms with Gasteiger partial charge in [0.25, 0.3) is 0 Å². The minimum Gasteiger partial charge on any atom is -0.468 e. The fourth-order valence-corrected chi connectivity index (χ4v) is 3.26. The van der Waals surface area contributed by atoms with E-state index >= 15 is 0 Å². The number of carbonyl (C=O) groups excluding carboxylic acids is 1. The molecule has 0 saturated heterocycles. The van der Waals surface area contributed by atoms with Crippen molar-refractivity contribution in [1.29, 1.82) is 0 Å². The molecule has 0 aliphatic carbocycles. The first-order chi connectivity index (χ1) is 9.48. The van der Waals surface area contributed by atoms with E-state index in [1.54, 1.807) is 0 Å². The van der Waals surface area contributed by atoms with Gasteiger partial charge < -0.3 is 4.74 Å². The van der Waals surface area contributed by atoms with E-state index < -0.39 is 5.54 Å². The van der Waals surface area contributed by atoms with E-state index in [0.29, 0.717) is 0 Å². The van der Waals surface area contributed by atoms with Crippen LogP contribution < -0.4 is 5.32 Å². The Morgan fingerprint density at radius 1 is 1.35 bits per heavy atom. The van der Waals surface area contributed by atoms with Gasteiger partial charge in [0, 0.05) is 11.8 Å². The average molecular weight is 295 g/mol. The van der Waals surface area contributed by atoms with E-state index in [2.05, 4.69) is 29.6 Å². The lowest BCUT2D eigenvalue weighted by molar-refractivity contribution is -0.148. The average Bonchev–Trinajstić information content (AvgIpc) is 2.43. The molecule has 0 saturated carbocycles. The van der Waals surface area contributed by atoms with Crippen molar-refractivity contribution < 1.29 is 9.53 Å². The van der Waals surface area contributed by atoms with Gasteiger partial charge >= 0.3 is 5.97 Å². The van der Waals surface area contributed by atoms with Crippen LogP contribution in [-0.4, -0.2) is 30.4 Å². The molecule has 0 amide bonds. The molecule has 0 aromatic heterocycles. The molecule has 1 rings (SSSR count). The minimum atomic E-state index is -0.605. The first kappa shape index (κ1) is 17.1. The van der Waals surface area contributed by atoms with Gasteiger partial charge in [-0.15, -0.1) is 0 Å². The van der Waals surface area contributed by atoms with Crippen molar-refractivity contribution in [2.24, 2.45) is 0 Å². The number of nitrogens with one attached hydrogen (secondary N) is 1. The van der Waals surface area contributed by atoms with Crippen molar-refractivity contribution in [2.45, 2.75) is 44.5 Å². The second kappa shape index (κ2) is 8.32. The van der Waals surface area contributed by atoms with E-state index in [0.717, 1.165) is 17.9 Å². The van der Waals surface area contributed by atoms with E-state index in [9.17, 15) is 4.79 Å². The third kappa shape index (κ3) is 5.55. The maximum atomic E-state index is 11.9. The summed E-state index contributed by atoms with van der Waals surface area (Å²) in [7, 11) is 1.44. The lowest BCUT2D eigenvalue weighted by atomic mass is 9.98. The topological polar surface area (TPSA) is 38.3 Å². The molecule has 0 aliphatic rings. The Morgan fingerprint density at radius 2 is 2.00 bits per heavy atom. The van der Waals surface area contributed by atoms with Crippen LogP contribution in [0.4, 0.5) is 0 Å². The summed E-state index contributed by atoms with van der Waals surface area (Å²) >= 11 is 1.84. The zero-order valence-corrected chi connectivity index (χ0v) is 13.6. The van der Waals surface area contributed by atoms with Crippen molar-refractivity contribution in [1.82, 2.24) is 5.32 Å². The van der Waals surface area contributed by atoms with E-state index in [4.69, 9.17) is 4.74 Å². The summed E-state index contributed by atoms with van der Waals surface area (Å²) < 4.78 is 4.92.